The summed E-state index contributed by atoms with van der Waals surface area (Å²) in [6.07, 6.45) is 1.21. The van der Waals surface area contributed by atoms with Crippen molar-refractivity contribution in [1.82, 2.24) is 4.90 Å². The number of hydrogen-bond donors (Lipinski definition) is 3. The van der Waals surface area contributed by atoms with Crippen molar-refractivity contribution in [3.63, 3.8) is 0 Å². The molecule has 0 saturated carbocycles. The van der Waals surface area contributed by atoms with Crippen molar-refractivity contribution in [2.24, 2.45) is 0 Å². The van der Waals surface area contributed by atoms with Gasteiger partial charge in [0.1, 0.15) is 23.8 Å². The van der Waals surface area contributed by atoms with Crippen LogP contribution >= 0.6 is 0 Å². The van der Waals surface area contributed by atoms with Gasteiger partial charge in [-0.25, -0.2) is 0 Å². The highest BCUT2D eigenvalue weighted by Crippen LogP contribution is 2.25. The number of nitrogens with zero attached hydrogens (tertiary/aromatic N) is 1. The van der Waals surface area contributed by atoms with Gasteiger partial charge in [-0.3, -0.25) is 14.5 Å². The predicted molar refractivity (Wildman–Crippen MR) is 85.6 cm³/mol. The zero-order chi connectivity index (χ0) is 17.1. The standard InChI is InChI=1S/C17H16N2O5/c20-8-7-19-16(22)9-14(17(19)23)18-12-3-1-11(2-4-12)15-6-5-13(10-21)24-15/h1-6,9,18,20-21H,7-8,10H2. The Hall–Kier alpha value is -2.90. The van der Waals surface area contributed by atoms with Crippen LogP contribution in [0.2, 0.25) is 0 Å². The van der Waals surface area contributed by atoms with Crippen LogP contribution in [0.15, 0.2) is 52.6 Å². The Bertz CT molecular complexity index is 792. The summed E-state index contributed by atoms with van der Waals surface area (Å²) in [6.45, 7) is -0.454. The Morgan fingerprint density at radius 3 is 2.42 bits per heavy atom. The average molecular weight is 328 g/mol. The van der Waals surface area contributed by atoms with Gasteiger partial charge in [0.2, 0.25) is 0 Å². The summed E-state index contributed by atoms with van der Waals surface area (Å²) in [5.41, 5.74) is 1.64. The van der Waals surface area contributed by atoms with Crippen LogP contribution in [-0.2, 0) is 16.2 Å². The maximum Gasteiger partial charge on any atom is 0.277 e. The van der Waals surface area contributed by atoms with Gasteiger partial charge in [-0.1, -0.05) is 0 Å². The number of β-amino-alcohol motifs (C(OH)–C–C–N with tert-alkyl or cyclic N) is 1. The molecule has 2 aromatic rings. The summed E-state index contributed by atoms with van der Waals surface area (Å²) in [5.74, 6) is 0.208. The lowest BCUT2D eigenvalue weighted by molar-refractivity contribution is -0.137. The summed E-state index contributed by atoms with van der Waals surface area (Å²) >= 11 is 0. The lowest BCUT2D eigenvalue weighted by atomic mass is 10.1. The maximum atomic E-state index is 12.1. The first-order valence-electron chi connectivity index (χ1n) is 7.38. The molecule has 3 N–H and O–H groups in total. The highest BCUT2D eigenvalue weighted by atomic mass is 16.4. The van der Waals surface area contributed by atoms with Crippen molar-refractivity contribution >= 4 is 17.5 Å². The summed E-state index contributed by atoms with van der Waals surface area (Å²) in [7, 11) is 0. The fourth-order valence-corrected chi connectivity index (χ4v) is 2.40. The number of aliphatic hydroxyl groups is 2. The highest BCUT2D eigenvalue weighted by molar-refractivity contribution is 6.17. The van der Waals surface area contributed by atoms with Gasteiger partial charge in [0.25, 0.3) is 11.8 Å². The van der Waals surface area contributed by atoms with Crippen LogP contribution in [-0.4, -0.2) is 40.1 Å². The second-order valence-electron chi connectivity index (χ2n) is 5.20. The first-order chi connectivity index (χ1) is 11.6. The van der Waals surface area contributed by atoms with Crippen molar-refractivity contribution < 1.29 is 24.2 Å². The van der Waals surface area contributed by atoms with Gasteiger partial charge in [-0.05, 0) is 36.4 Å². The maximum absolute atomic E-state index is 12.1. The lowest BCUT2D eigenvalue weighted by Gasteiger charge is -2.13. The van der Waals surface area contributed by atoms with E-state index in [4.69, 9.17) is 14.6 Å². The first kappa shape index (κ1) is 16.0. The van der Waals surface area contributed by atoms with Gasteiger partial charge in [0, 0.05) is 17.3 Å². The van der Waals surface area contributed by atoms with E-state index in [9.17, 15) is 9.59 Å². The van der Waals surface area contributed by atoms with E-state index in [2.05, 4.69) is 5.32 Å². The van der Waals surface area contributed by atoms with E-state index < -0.39 is 11.8 Å². The van der Waals surface area contributed by atoms with Crippen LogP contribution < -0.4 is 5.32 Å². The van der Waals surface area contributed by atoms with E-state index in [0.717, 1.165) is 10.5 Å². The van der Waals surface area contributed by atoms with E-state index in [1.54, 1.807) is 36.4 Å². The van der Waals surface area contributed by atoms with Crippen LogP contribution in [0.25, 0.3) is 11.3 Å². The molecule has 2 amide bonds. The van der Waals surface area contributed by atoms with Gasteiger partial charge < -0.3 is 19.9 Å². The molecule has 7 heteroatoms. The molecular formula is C17H16N2O5. The number of furan rings is 1. The van der Waals surface area contributed by atoms with Gasteiger partial charge >= 0.3 is 0 Å². The number of anilines is 1. The second-order valence-corrected chi connectivity index (χ2v) is 5.20. The Kier molecular flexibility index (Phi) is 4.45. The summed E-state index contributed by atoms with van der Waals surface area (Å²) < 4.78 is 5.45. The van der Waals surface area contributed by atoms with Crippen molar-refractivity contribution in [3.8, 4) is 11.3 Å². The SMILES string of the molecule is O=C1C=C(Nc2ccc(-c3ccc(CO)o3)cc2)C(=O)N1CCO. The molecule has 0 spiro atoms. The molecule has 0 fully saturated rings. The molecule has 1 aliphatic heterocycles. The van der Waals surface area contributed by atoms with Gasteiger partial charge in [-0.15, -0.1) is 0 Å². The third-order valence-electron chi connectivity index (χ3n) is 3.60. The molecule has 0 unspecified atom stereocenters. The van der Waals surface area contributed by atoms with Gasteiger partial charge in [0.15, 0.2) is 0 Å². The fourth-order valence-electron chi connectivity index (χ4n) is 2.40. The first-order valence-corrected chi connectivity index (χ1v) is 7.38. The van der Waals surface area contributed by atoms with Crippen molar-refractivity contribution in [1.29, 1.82) is 0 Å². The Morgan fingerprint density at radius 2 is 1.79 bits per heavy atom. The molecular weight excluding hydrogens is 312 g/mol. The topological polar surface area (TPSA) is 103 Å². The van der Waals surface area contributed by atoms with E-state index in [1.165, 1.54) is 6.08 Å². The zero-order valence-corrected chi connectivity index (χ0v) is 12.7. The number of benzene rings is 1. The molecule has 0 bridgehead atoms. The van der Waals surface area contributed by atoms with Gasteiger partial charge in [-0.2, -0.15) is 0 Å². The molecule has 1 aromatic heterocycles. The number of hydrogen-bond acceptors (Lipinski definition) is 6. The minimum atomic E-state index is -0.461. The Balaban J connectivity index is 1.72. The molecule has 3 rings (SSSR count). The molecule has 1 aromatic carbocycles. The minimum Gasteiger partial charge on any atom is -0.459 e. The zero-order valence-electron chi connectivity index (χ0n) is 12.7. The molecule has 0 saturated heterocycles. The highest BCUT2D eigenvalue weighted by Gasteiger charge is 2.30. The molecule has 0 aliphatic carbocycles. The van der Waals surface area contributed by atoms with Crippen molar-refractivity contribution in [3.05, 3.63) is 53.9 Å². The second kappa shape index (κ2) is 6.69. The quantitative estimate of drug-likeness (QED) is 0.686. The van der Waals surface area contributed by atoms with Crippen LogP contribution in [0, 0.1) is 0 Å². The number of aliphatic hydroxyl groups excluding tert-OH is 2. The van der Waals surface area contributed by atoms with Gasteiger partial charge in [0.05, 0.1) is 13.2 Å². The normalized spacial score (nSPS) is 14.2. The molecule has 2 heterocycles. The number of amides is 2. The lowest BCUT2D eigenvalue weighted by Crippen LogP contribution is -2.34. The van der Waals surface area contributed by atoms with Crippen LogP contribution in [0.3, 0.4) is 0 Å². The number of nitrogens with one attached hydrogen (secondary N) is 1. The third-order valence-corrected chi connectivity index (χ3v) is 3.60. The molecule has 0 radical (unpaired) electrons. The minimum absolute atomic E-state index is 0.0238. The van der Waals surface area contributed by atoms with E-state index in [-0.39, 0.29) is 25.5 Å². The Morgan fingerprint density at radius 1 is 1.04 bits per heavy atom. The van der Waals surface area contributed by atoms with E-state index in [0.29, 0.717) is 17.2 Å². The molecule has 0 atom stereocenters. The van der Waals surface area contributed by atoms with Crippen molar-refractivity contribution in [2.45, 2.75) is 6.61 Å². The summed E-state index contributed by atoms with van der Waals surface area (Å²) in [4.78, 5) is 24.7. The smallest absolute Gasteiger partial charge is 0.277 e. The van der Waals surface area contributed by atoms with Crippen LogP contribution in [0.5, 0.6) is 0 Å². The summed E-state index contributed by atoms with van der Waals surface area (Å²) in [5, 5.41) is 20.8. The molecule has 1 aliphatic rings. The number of carbonyl (C=O) groups is 2. The van der Waals surface area contributed by atoms with Crippen LogP contribution in [0.4, 0.5) is 5.69 Å². The van der Waals surface area contributed by atoms with E-state index in [1.807, 2.05) is 0 Å². The predicted octanol–water partition coefficient (Wildman–Crippen LogP) is 1.10. The van der Waals surface area contributed by atoms with Crippen molar-refractivity contribution in [2.75, 3.05) is 18.5 Å². The third kappa shape index (κ3) is 3.08. The average Bonchev–Trinajstić information content (AvgIpc) is 3.17. The van der Waals surface area contributed by atoms with E-state index >= 15 is 0 Å². The number of imide groups is 1. The number of carbonyl (C=O) groups excluding carboxylic acids is 2. The monoisotopic (exact) mass is 328 g/mol. The largest absolute Gasteiger partial charge is 0.459 e. The fraction of sp³-hybridized carbons (Fsp3) is 0.176. The molecule has 7 nitrogen and oxygen atoms in total. The Labute approximate surface area is 137 Å². The number of rotatable bonds is 6. The summed E-state index contributed by atoms with van der Waals surface area (Å²) in [6, 6.07) is 10.6. The molecule has 24 heavy (non-hydrogen) atoms. The van der Waals surface area contributed by atoms with Crippen LogP contribution in [0.1, 0.15) is 5.76 Å². The molecule has 124 valence electrons.